The van der Waals surface area contributed by atoms with Crippen LogP contribution in [0.4, 0.5) is 13.2 Å². The molecule has 0 fully saturated rings. The molecule has 1 atom stereocenters. The zero-order valence-electron chi connectivity index (χ0n) is 9.20. The Kier molecular flexibility index (Phi) is 5.14. The average molecular weight is 266 g/mol. The summed E-state index contributed by atoms with van der Waals surface area (Å²) in [6.07, 6.45) is -0.707. The second-order valence-corrected chi connectivity index (χ2v) is 4.52. The van der Waals surface area contributed by atoms with Crippen LogP contribution in [0.25, 0.3) is 0 Å². The van der Waals surface area contributed by atoms with E-state index in [1.54, 1.807) is 31.2 Å². The molecule has 96 valence electrons. The molecule has 0 aliphatic heterocycles. The normalized spacial score (nSPS) is 13.5. The molecule has 0 aromatic heterocycles. The van der Waals surface area contributed by atoms with Gasteiger partial charge in [-0.1, -0.05) is 18.2 Å². The third-order valence-corrected chi connectivity index (χ3v) is 2.67. The van der Waals surface area contributed by atoms with Crippen LogP contribution in [0.2, 0.25) is 0 Å². The molecule has 1 N–H and O–H groups in total. The lowest BCUT2D eigenvalue weighted by Crippen LogP contribution is -2.08. The topological polar surface area (TPSA) is 29.5 Å². The van der Waals surface area contributed by atoms with Crippen molar-refractivity contribution in [1.29, 1.82) is 0 Å². The molecule has 1 aromatic carbocycles. The van der Waals surface area contributed by atoms with Crippen LogP contribution in [0.5, 0.6) is 5.75 Å². The Morgan fingerprint density at radius 1 is 1.35 bits per heavy atom. The Morgan fingerprint density at radius 3 is 2.59 bits per heavy atom. The number of rotatable bonds is 5. The van der Waals surface area contributed by atoms with E-state index in [0.29, 0.717) is 11.3 Å². The second kappa shape index (κ2) is 6.16. The molecular weight excluding hydrogens is 253 g/mol. The monoisotopic (exact) mass is 266 g/mol. The van der Waals surface area contributed by atoms with E-state index < -0.39 is 11.6 Å². The lowest BCUT2D eigenvalue weighted by atomic mass is 10.1. The first kappa shape index (κ1) is 14.2. The minimum absolute atomic E-state index is 0.0477. The molecule has 0 heterocycles. The molecule has 6 heteroatoms. The fourth-order valence-corrected chi connectivity index (χ4v) is 1.66. The molecular formula is C11H13F3O2S. The first-order chi connectivity index (χ1) is 7.90. The fourth-order valence-electron chi connectivity index (χ4n) is 1.27. The molecule has 0 saturated carbocycles. The van der Waals surface area contributed by atoms with E-state index >= 15 is 0 Å². The minimum atomic E-state index is -4.23. The largest absolute Gasteiger partial charge is 0.492 e. The lowest BCUT2D eigenvalue weighted by Gasteiger charge is -2.13. The fraction of sp³-hybridized carbons (Fsp3) is 0.455. The smallest absolute Gasteiger partial charge is 0.441 e. The zero-order valence-corrected chi connectivity index (χ0v) is 10.0. The predicted molar refractivity (Wildman–Crippen MR) is 61.1 cm³/mol. The summed E-state index contributed by atoms with van der Waals surface area (Å²) in [4.78, 5) is 0. The van der Waals surface area contributed by atoms with E-state index in [-0.39, 0.29) is 24.1 Å². The molecule has 0 unspecified atom stereocenters. The lowest BCUT2D eigenvalue weighted by molar-refractivity contribution is -0.0329. The van der Waals surface area contributed by atoms with Gasteiger partial charge in [-0.15, -0.1) is 0 Å². The number of aliphatic hydroxyl groups is 1. The Hall–Kier alpha value is -0.880. The van der Waals surface area contributed by atoms with Crippen molar-refractivity contribution in [3.63, 3.8) is 0 Å². The van der Waals surface area contributed by atoms with Crippen molar-refractivity contribution in [3.05, 3.63) is 29.8 Å². The Balaban J connectivity index is 2.47. The van der Waals surface area contributed by atoms with E-state index in [1.165, 1.54) is 0 Å². The molecule has 0 spiro atoms. The van der Waals surface area contributed by atoms with Crippen LogP contribution in [-0.2, 0) is 0 Å². The maximum absolute atomic E-state index is 11.9. The molecule has 0 aliphatic carbocycles. The molecule has 17 heavy (non-hydrogen) atoms. The summed E-state index contributed by atoms with van der Waals surface area (Å²) in [5.74, 6) is 0.253. The van der Waals surface area contributed by atoms with E-state index in [9.17, 15) is 18.3 Å². The standard InChI is InChI=1S/C11H13F3O2S/c1-8(15)9-4-2-3-5-10(9)16-6-7-17-11(12,13)14/h2-5,8,15H,6-7H2,1H3/t8-/m1/s1. The van der Waals surface area contributed by atoms with Gasteiger partial charge in [0.25, 0.3) is 0 Å². The Bertz CT molecular complexity index is 353. The summed E-state index contributed by atoms with van der Waals surface area (Å²) in [5.41, 5.74) is -3.66. The van der Waals surface area contributed by atoms with Crippen molar-refractivity contribution in [1.82, 2.24) is 0 Å². The van der Waals surface area contributed by atoms with E-state index in [0.717, 1.165) is 0 Å². The molecule has 1 aromatic rings. The molecule has 1 rings (SSSR count). The number of halogens is 3. The number of thioether (sulfide) groups is 1. The molecule has 2 nitrogen and oxygen atoms in total. The van der Waals surface area contributed by atoms with Gasteiger partial charge in [0.2, 0.25) is 0 Å². The summed E-state index contributed by atoms with van der Waals surface area (Å²) in [6.45, 7) is 1.53. The van der Waals surface area contributed by atoms with Crippen molar-refractivity contribution < 1.29 is 23.0 Å². The van der Waals surface area contributed by atoms with E-state index in [4.69, 9.17) is 4.74 Å². The van der Waals surface area contributed by atoms with Crippen molar-refractivity contribution in [2.75, 3.05) is 12.4 Å². The van der Waals surface area contributed by atoms with Gasteiger partial charge in [0.05, 0.1) is 12.7 Å². The third-order valence-electron chi connectivity index (χ3n) is 1.98. The third kappa shape index (κ3) is 5.32. The second-order valence-electron chi connectivity index (χ2n) is 3.36. The van der Waals surface area contributed by atoms with Crippen LogP contribution < -0.4 is 4.74 Å². The highest BCUT2D eigenvalue weighted by molar-refractivity contribution is 8.00. The van der Waals surface area contributed by atoms with Gasteiger partial charge in [0, 0.05) is 11.3 Å². The highest BCUT2D eigenvalue weighted by Crippen LogP contribution is 2.30. The van der Waals surface area contributed by atoms with E-state index in [1.807, 2.05) is 0 Å². The number of hydrogen-bond acceptors (Lipinski definition) is 3. The molecule has 0 aliphatic rings. The number of ether oxygens (including phenoxy) is 1. The SMILES string of the molecule is C[C@@H](O)c1ccccc1OCCSC(F)(F)F. The van der Waals surface area contributed by atoms with Crippen molar-refractivity contribution in [2.24, 2.45) is 0 Å². The number of hydrogen-bond donors (Lipinski definition) is 1. The summed E-state index contributed by atoms with van der Waals surface area (Å²) in [7, 11) is 0. The van der Waals surface area contributed by atoms with Gasteiger partial charge in [-0.25, -0.2) is 0 Å². The number of aliphatic hydroxyl groups excluding tert-OH is 1. The number of benzene rings is 1. The number of alkyl halides is 3. The highest BCUT2D eigenvalue weighted by atomic mass is 32.2. The average Bonchev–Trinajstić information content (AvgIpc) is 2.23. The van der Waals surface area contributed by atoms with Crippen LogP contribution in [0.15, 0.2) is 24.3 Å². The maximum Gasteiger partial charge on any atom is 0.441 e. The van der Waals surface area contributed by atoms with E-state index in [2.05, 4.69) is 0 Å². The zero-order chi connectivity index (χ0) is 12.9. The summed E-state index contributed by atoms with van der Waals surface area (Å²) >= 11 is -0.120. The van der Waals surface area contributed by atoms with Gasteiger partial charge >= 0.3 is 5.51 Å². The summed E-state index contributed by atoms with van der Waals surface area (Å²) in [6, 6.07) is 6.74. The highest BCUT2D eigenvalue weighted by Gasteiger charge is 2.27. The predicted octanol–water partition coefficient (Wildman–Crippen LogP) is 3.37. The van der Waals surface area contributed by atoms with Gasteiger partial charge in [0.1, 0.15) is 5.75 Å². The first-order valence-corrected chi connectivity index (χ1v) is 5.99. The van der Waals surface area contributed by atoms with Gasteiger partial charge in [-0.3, -0.25) is 0 Å². The Morgan fingerprint density at radius 2 is 2.00 bits per heavy atom. The van der Waals surface area contributed by atoms with Crippen molar-refractivity contribution in [3.8, 4) is 5.75 Å². The minimum Gasteiger partial charge on any atom is -0.492 e. The molecule has 0 bridgehead atoms. The van der Waals surface area contributed by atoms with Gasteiger partial charge in [0.15, 0.2) is 0 Å². The molecule has 0 saturated heterocycles. The van der Waals surface area contributed by atoms with Crippen molar-refractivity contribution >= 4 is 11.8 Å². The molecule has 0 radical (unpaired) electrons. The van der Waals surface area contributed by atoms with Crippen LogP contribution >= 0.6 is 11.8 Å². The van der Waals surface area contributed by atoms with Crippen LogP contribution in [-0.4, -0.2) is 23.0 Å². The van der Waals surface area contributed by atoms with Crippen molar-refractivity contribution in [2.45, 2.75) is 18.5 Å². The maximum atomic E-state index is 11.9. The summed E-state index contributed by atoms with van der Waals surface area (Å²) in [5, 5.41) is 9.43. The van der Waals surface area contributed by atoms with Crippen LogP contribution in [0.1, 0.15) is 18.6 Å². The number of para-hydroxylation sites is 1. The Labute approximate surface area is 102 Å². The molecule has 0 amide bonds. The van der Waals surface area contributed by atoms with Crippen LogP contribution in [0, 0.1) is 0 Å². The van der Waals surface area contributed by atoms with Gasteiger partial charge < -0.3 is 9.84 Å². The summed E-state index contributed by atoms with van der Waals surface area (Å²) < 4.78 is 40.8. The first-order valence-electron chi connectivity index (χ1n) is 5.00. The van der Waals surface area contributed by atoms with Crippen LogP contribution in [0.3, 0.4) is 0 Å². The van der Waals surface area contributed by atoms with Gasteiger partial charge in [-0.2, -0.15) is 13.2 Å². The quantitative estimate of drug-likeness (QED) is 0.828. The van der Waals surface area contributed by atoms with Gasteiger partial charge in [-0.05, 0) is 24.8 Å².